The van der Waals surface area contributed by atoms with E-state index in [1.54, 1.807) is 54.2 Å². The maximum Gasteiger partial charge on any atom is 0.248 e. The third-order valence-corrected chi connectivity index (χ3v) is 3.62. The van der Waals surface area contributed by atoms with E-state index in [0.717, 1.165) is 11.1 Å². The summed E-state index contributed by atoms with van der Waals surface area (Å²) in [5.74, 6) is 0.960. The minimum absolute atomic E-state index is 0.00105. The molecule has 3 aromatic rings. The van der Waals surface area contributed by atoms with Crippen LogP contribution >= 0.6 is 0 Å². The molecule has 0 aliphatic carbocycles. The van der Waals surface area contributed by atoms with Crippen LogP contribution in [0.2, 0.25) is 0 Å². The molecule has 27 heavy (non-hydrogen) atoms. The first-order valence-corrected chi connectivity index (χ1v) is 8.07. The van der Waals surface area contributed by atoms with Crippen molar-refractivity contribution in [2.75, 3.05) is 11.9 Å². The molecule has 3 rings (SSSR count). The number of anilines is 1. The highest BCUT2D eigenvalue weighted by molar-refractivity contribution is 6.02. The van der Waals surface area contributed by atoms with Gasteiger partial charge in [0, 0.05) is 24.4 Å². The Morgan fingerprint density at radius 3 is 2.81 bits per heavy atom. The molecule has 0 radical (unpaired) electrons. The highest BCUT2D eigenvalue weighted by Crippen LogP contribution is 2.19. The molecule has 0 saturated heterocycles. The molecule has 2 aromatic carbocycles. The lowest BCUT2D eigenvalue weighted by Crippen LogP contribution is -2.07. The maximum atomic E-state index is 12.2. The molecule has 0 spiro atoms. The number of hydrogen-bond donors (Lipinski definition) is 1. The molecule has 0 saturated carbocycles. The molecule has 8 heteroatoms. The molecule has 0 aliphatic rings. The zero-order valence-corrected chi connectivity index (χ0v) is 14.5. The minimum atomic E-state index is -0.256. The van der Waals surface area contributed by atoms with Crippen molar-refractivity contribution >= 4 is 17.7 Å². The van der Waals surface area contributed by atoms with Crippen LogP contribution in [0.15, 0.2) is 54.6 Å². The summed E-state index contributed by atoms with van der Waals surface area (Å²) in [5, 5.41) is 22.7. The highest BCUT2D eigenvalue weighted by Gasteiger charge is 2.07. The molecule has 1 N–H and O–H groups in total. The molecule has 0 fully saturated rings. The van der Waals surface area contributed by atoms with E-state index in [2.05, 4.69) is 20.8 Å². The second-order valence-corrected chi connectivity index (χ2v) is 5.55. The van der Waals surface area contributed by atoms with Gasteiger partial charge in [-0.1, -0.05) is 24.3 Å². The molecule has 8 nitrogen and oxygen atoms in total. The van der Waals surface area contributed by atoms with Gasteiger partial charge in [-0.05, 0) is 46.3 Å². The quantitative estimate of drug-likeness (QED) is 0.677. The van der Waals surface area contributed by atoms with E-state index in [9.17, 15) is 4.79 Å². The summed E-state index contributed by atoms with van der Waals surface area (Å²) in [6.45, 7) is 0.00105. The number of aryl methyl sites for hydroxylation is 1. The predicted octanol–water partition coefficient (Wildman–Crippen LogP) is 2.43. The van der Waals surface area contributed by atoms with Crippen LogP contribution in [0.1, 0.15) is 5.56 Å². The SMILES string of the molecule is Cn1nnnc1-c1cccc(NC(=O)/C=C/c2ccc(OCC#N)cc2)c1. The molecule has 0 unspecified atom stereocenters. The number of benzene rings is 2. The fraction of sp³-hybridized carbons (Fsp3) is 0.105. The fourth-order valence-electron chi connectivity index (χ4n) is 2.36. The van der Waals surface area contributed by atoms with Gasteiger partial charge in [-0.15, -0.1) is 5.10 Å². The second-order valence-electron chi connectivity index (χ2n) is 5.55. The lowest BCUT2D eigenvalue weighted by Gasteiger charge is -2.05. The van der Waals surface area contributed by atoms with Crippen LogP contribution in [0.3, 0.4) is 0 Å². The van der Waals surface area contributed by atoms with E-state index in [4.69, 9.17) is 10.00 Å². The fourth-order valence-corrected chi connectivity index (χ4v) is 2.36. The first kappa shape index (κ1) is 17.8. The lowest BCUT2D eigenvalue weighted by molar-refractivity contribution is -0.111. The van der Waals surface area contributed by atoms with Crippen LogP contribution in [0, 0.1) is 11.3 Å². The van der Waals surface area contributed by atoms with E-state index in [1.165, 1.54) is 6.08 Å². The van der Waals surface area contributed by atoms with E-state index < -0.39 is 0 Å². The van der Waals surface area contributed by atoms with E-state index >= 15 is 0 Å². The van der Waals surface area contributed by atoms with E-state index in [1.807, 2.05) is 18.2 Å². The molecular weight excluding hydrogens is 344 g/mol. The number of hydrogen-bond acceptors (Lipinski definition) is 6. The molecule has 1 heterocycles. The van der Waals surface area contributed by atoms with Crippen LogP contribution in [0.5, 0.6) is 5.75 Å². The van der Waals surface area contributed by atoms with Gasteiger partial charge in [-0.3, -0.25) is 4.79 Å². The summed E-state index contributed by atoms with van der Waals surface area (Å²) in [4.78, 5) is 12.2. The Morgan fingerprint density at radius 1 is 1.30 bits per heavy atom. The van der Waals surface area contributed by atoms with Crippen molar-refractivity contribution in [3.63, 3.8) is 0 Å². The van der Waals surface area contributed by atoms with Crippen molar-refractivity contribution < 1.29 is 9.53 Å². The van der Waals surface area contributed by atoms with Gasteiger partial charge in [-0.25, -0.2) is 4.68 Å². The Balaban J connectivity index is 1.63. The Morgan fingerprint density at radius 2 is 2.11 bits per heavy atom. The average Bonchev–Trinajstić information content (AvgIpc) is 3.12. The zero-order chi connectivity index (χ0) is 19.1. The van der Waals surface area contributed by atoms with Crippen LogP contribution in [-0.2, 0) is 11.8 Å². The van der Waals surface area contributed by atoms with Crippen LogP contribution in [0.25, 0.3) is 17.5 Å². The van der Waals surface area contributed by atoms with Gasteiger partial charge in [0.1, 0.15) is 11.8 Å². The van der Waals surface area contributed by atoms with Gasteiger partial charge in [-0.2, -0.15) is 5.26 Å². The predicted molar refractivity (Wildman–Crippen MR) is 99.4 cm³/mol. The summed E-state index contributed by atoms with van der Waals surface area (Å²) in [6, 6.07) is 16.3. The maximum absolute atomic E-state index is 12.2. The van der Waals surface area contributed by atoms with E-state index in [0.29, 0.717) is 17.3 Å². The molecule has 0 atom stereocenters. The summed E-state index contributed by atoms with van der Waals surface area (Å²) in [6.07, 6.45) is 3.14. The standard InChI is InChI=1S/C19H16N6O2/c1-25-19(22-23-24-25)15-3-2-4-16(13-15)21-18(26)10-7-14-5-8-17(9-6-14)27-12-11-20/h2-10,13H,12H2,1H3,(H,21,26)/b10-7+. The normalized spacial score (nSPS) is 10.5. The third kappa shape index (κ3) is 4.76. The van der Waals surface area contributed by atoms with Gasteiger partial charge in [0.2, 0.25) is 5.91 Å². The zero-order valence-electron chi connectivity index (χ0n) is 14.5. The summed E-state index contributed by atoms with van der Waals surface area (Å²) < 4.78 is 6.75. The summed E-state index contributed by atoms with van der Waals surface area (Å²) in [5.41, 5.74) is 2.29. The third-order valence-electron chi connectivity index (χ3n) is 3.62. The Hall–Kier alpha value is -3.99. The largest absolute Gasteiger partial charge is 0.479 e. The number of tetrazole rings is 1. The van der Waals surface area contributed by atoms with Crippen molar-refractivity contribution in [3.05, 3.63) is 60.2 Å². The van der Waals surface area contributed by atoms with Crippen LogP contribution in [-0.4, -0.2) is 32.7 Å². The monoisotopic (exact) mass is 360 g/mol. The number of nitriles is 1. The first-order valence-electron chi connectivity index (χ1n) is 8.07. The Labute approximate surface area is 155 Å². The van der Waals surface area contributed by atoms with Crippen molar-refractivity contribution in [1.82, 2.24) is 20.2 Å². The number of amides is 1. The van der Waals surface area contributed by atoms with Gasteiger partial charge in [0.05, 0.1) is 0 Å². The molecular formula is C19H16N6O2. The molecule has 134 valence electrons. The van der Waals surface area contributed by atoms with Crippen LogP contribution in [0.4, 0.5) is 5.69 Å². The van der Waals surface area contributed by atoms with Crippen molar-refractivity contribution in [3.8, 4) is 23.2 Å². The minimum Gasteiger partial charge on any atom is -0.479 e. The van der Waals surface area contributed by atoms with Gasteiger partial charge in [0.25, 0.3) is 0 Å². The number of nitrogens with one attached hydrogen (secondary N) is 1. The summed E-state index contributed by atoms with van der Waals surface area (Å²) in [7, 11) is 1.75. The number of aromatic nitrogens is 4. The van der Waals surface area contributed by atoms with Crippen molar-refractivity contribution in [1.29, 1.82) is 5.26 Å². The summed E-state index contributed by atoms with van der Waals surface area (Å²) >= 11 is 0. The molecule has 1 aromatic heterocycles. The van der Waals surface area contributed by atoms with Crippen molar-refractivity contribution in [2.24, 2.45) is 7.05 Å². The number of ether oxygens (including phenoxy) is 1. The first-order chi connectivity index (χ1) is 13.2. The Bertz CT molecular complexity index is 1000. The molecule has 1 amide bonds. The topological polar surface area (TPSA) is 106 Å². The van der Waals surface area contributed by atoms with E-state index in [-0.39, 0.29) is 12.5 Å². The second kappa shape index (κ2) is 8.40. The van der Waals surface area contributed by atoms with Gasteiger partial charge < -0.3 is 10.1 Å². The smallest absolute Gasteiger partial charge is 0.248 e. The molecule has 0 aliphatic heterocycles. The number of nitrogens with zero attached hydrogens (tertiary/aromatic N) is 5. The van der Waals surface area contributed by atoms with Crippen LogP contribution < -0.4 is 10.1 Å². The number of rotatable bonds is 6. The molecule has 0 bridgehead atoms. The van der Waals surface area contributed by atoms with Gasteiger partial charge in [0.15, 0.2) is 12.4 Å². The van der Waals surface area contributed by atoms with Crippen molar-refractivity contribution in [2.45, 2.75) is 0 Å². The lowest BCUT2D eigenvalue weighted by atomic mass is 10.2. The number of carbonyl (C=O) groups is 1. The number of carbonyl (C=O) groups excluding carboxylic acids is 1. The Kier molecular flexibility index (Phi) is 5.54. The highest BCUT2D eigenvalue weighted by atomic mass is 16.5. The average molecular weight is 360 g/mol. The van der Waals surface area contributed by atoms with Gasteiger partial charge >= 0.3 is 0 Å².